The maximum Gasteiger partial charge on any atom is 0.267 e. The van der Waals surface area contributed by atoms with E-state index in [1.54, 1.807) is 0 Å². The van der Waals surface area contributed by atoms with E-state index in [-0.39, 0.29) is 17.7 Å². The zero-order chi connectivity index (χ0) is 13.7. The van der Waals surface area contributed by atoms with Gasteiger partial charge in [-0.25, -0.2) is 0 Å². The van der Waals surface area contributed by atoms with Crippen LogP contribution >= 0.6 is 0 Å². The molecule has 0 aliphatic carbocycles. The third kappa shape index (κ3) is 3.95. The van der Waals surface area contributed by atoms with Crippen molar-refractivity contribution in [1.29, 1.82) is 0 Å². The van der Waals surface area contributed by atoms with Crippen molar-refractivity contribution in [1.82, 2.24) is 10.6 Å². The Morgan fingerprint density at radius 3 is 2.79 bits per heavy atom. The highest BCUT2D eigenvalue weighted by Gasteiger charge is 2.19. The molecule has 19 heavy (non-hydrogen) atoms. The summed E-state index contributed by atoms with van der Waals surface area (Å²) in [5, 5.41) is 5.76. The lowest BCUT2D eigenvalue weighted by molar-refractivity contribution is -0.120. The molecule has 1 aliphatic rings. The number of benzene rings is 1. The monoisotopic (exact) mass is 258 g/mol. The van der Waals surface area contributed by atoms with Gasteiger partial charge < -0.3 is 10.6 Å². The molecule has 0 aromatic heterocycles. The van der Waals surface area contributed by atoms with Crippen molar-refractivity contribution >= 4 is 11.7 Å². The van der Waals surface area contributed by atoms with Crippen molar-refractivity contribution in [3.05, 3.63) is 47.7 Å². The van der Waals surface area contributed by atoms with Crippen LogP contribution in [0, 0.1) is 0 Å². The molecule has 0 spiro atoms. The predicted molar refractivity (Wildman–Crippen MR) is 73.5 cm³/mol. The first-order chi connectivity index (χ1) is 9.15. The number of allylic oxidation sites excluding steroid dienone is 1. The largest absolute Gasteiger partial charge is 0.378 e. The number of ketones is 1. The molecule has 1 aromatic carbocycles. The number of nitrogens with one attached hydrogen (secondary N) is 2. The van der Waals surface area contributed by atoms with E-state index < -0.39 is 0 Å². The average molecular weight is 258 g/mol. The first kappa shape index (κ1) is 13.3. The Labute approximate surface area is 112 Å². The first-order valence-electron chi connectivity index (χ1n) is 6.48. The van der Waals surface area contributed by atoms with Crippen molar-refractivity contribution in [2.75, 3.05) is 6.54 Å². The SMILES string of the molecule is CC1CN/C(=C/C(=O)CCc2ccccc2)C(=O)N1. The van der Waals surface area contributed by atoms with Crippen LogP contribution in [0.3, 0.4) is 0 Å². The van der Waals surface area contributed by atoms with E-state index in [4.69, 9.17) is 0 Å². The molecule has 1 heterocycles. The van der Waals surface area contributed by atoms with Gasteiger partial charge in [0, 0.05) is 25.1 Å². The molecule has 0 saturated carbocycles. The smallest absolute Gasteiger partial charge is 0.267 e. The van der Waals surface area contributed by atoms with Gasteiger partial charge in [-0.05, 0) is 18.9 Å². The van der Waals surface area contributed by atoms with Crippen LogP contribution in [0.2, 0.25) is 0 Å². The lowest BCUT2D eigenvalue weighted by Gasteiger charge is -2.23. The normalized spacial score (nSPS) is 20.8. The van der Waals surface area contributed by atoms with Crippen LogP contribution in [0.25, 0.3) is 0 Å². The van der Waals surface area contributed by atoms with Gasteiger partial charge in [0.1, 0.15) is 5.70 Å². The third-order valence-corrected chi connectivity index (χ3v) is 3.03. The molecule has 1 aromatic rings. The standard InChI is InChI=1S/C15H18N2O2/c1-11-10-16-14(15(19)17-11)9-13(18)8-7-12-5-3-2-4-6-12/h2-6,9,11,16H,7-8,10H2,1H3,(H,17,19)/b14-9+. The number of carbonyl (C=O) groups excluding carboxylic acids is 2. The summed E-state index contributed by atoms with van der Waals surface area (Å²) >= 11 is 0. The third-order valence-electron chi connectivity index (χ3n) is 3.03. The van der Waals surface area contributed by atoms with Crippen molar-refractivity contribution in [3.8, 4) is 0 Å². The molecule has 4 nitrogen and oxygen atoms in total. The number of piperazine rings is 1. The quantitative estimate of drug-likeness (QED) is 0.797. The summed E-state index contributed by atoms with van der Waals surface area (Å²) in [6, 6.07) is 9.95. The zero-order valence-corrected chi connectivity index (χ0v) is 11.0. The minimum Gasteiger partial charge on any atom is -0.378 e. The Kier molecular flexibility index (Phi) is 4.34. The van der Waals surface area contributed by atoms with E-state index in [0.717, 1.165) is 5.56 Å². The van der Waals surface area contributed by atoms with Gasteiger partial charge in [0.2, 0.25) is 0 Å². The van der Waals surface area contributed by atoms with Crippen LogP contribution < -0.4 is 10.6 Å². The van der Waals surface area contributed by atoms with Crippen LogP contribution in [0.1, 0.15) is 18.9 Å². The number of hydrogen-bond acceptors (Lipinski definition) is 3. The fraction of sp³-hybridized carbons (Fsp3) is 0.333. The highest BCUT2D eigenvalue weighted by Crippen LogP contribution is 2.05. The summed E-state index contributed by atoms with van der Waals surface area (Å²) in [4.78, 5) is 23.4. The van der Waals surface area contributed by atoms with Gasteiger partial charge in [-0.3, -0.25) is 9.59 Å². The fourth-order valence-corrected chi connectivity index (χ4v) is 1.96. The molecule has 1 saturated heterocycles. The number of rotatable bonds is 4. The van der Waals surface area contributed by atoms with Gasteiger partial charge in [-0.2, -0.15) is 0 Å². The summed E-state index contributed by atoms with van der Waals surface area (Å²) in [7, 11) is 0. The Morgan fingerprint density at radius 2 is 2.11 bits per heavy atom. The van der Waals surface area contributed by atoms with Gasteiger partial charge >= 0.3 is 0 Å². The highest BCUT2D eigenvalue weighted by molar-refractivity contribution is 6.01. The lowest BCUT2D eigenvalue weighted by Crippen LogP contribution is -2.49. The van der Waals surface area contributed by atoms with Gasteiger partial charge in [-0.1, -0.05) is 30.3 Å². The molecule has 1 unspecified atom stereocenters. The molecule has 1 amide bonds. The summed E-state index contributed by atoms with van der Waals surface area (Å²) in [5.41, 5.74) is 1.50. The number of aryl methyl sites for hydroxylation is 1. The van der Waals surface area contributed by atoms with Crippen molar-refractivity contribution in [3.63, 3.8) is 0 Å². The summed E-state index contributed by atoms with van der Waals surface area (Å²) in [6.07, 6.45) is 2.52. The van der Waals surface area contributed by atoms with Crippen molar-refractivity contribution in [2.24, 2.45) is 0 Å². The molecule has 2 N–H and O–H groups in total. The summed E-state index contributed by atoms with van der Waals surface area (Å²) < 4.78 is 0. The molecular formula is C15H18N2O2. The molecule has 1 atom stereocenters. The average Bonchev–Trinajstić information content (AvgIpc) is 2.41. The highest BCUT2D eigenvalue weighted by atomic mass is 16.2. The lowest BCUT2D eigenvalue weighted by atomic mass is 10.1. The van der Waals surface area contributed by atoms with Gasteiger partial charge in [0.15, 0.2) is 5.78 Å². The molecule has 100 valence electrons. The topological polar surface area (TPSA) is 58.2 Å². The Balaban J connectivity index is 1.89. The van der Waals surface area contributed by atoms with E-state index in [1.807, 2.05) is 37.3 Å². The Bertz CT molecular complexity index is 494. The summed E-state index contributed by atoms with van der Waals surface area (Å²) in [5.74, 6) is -0.233. The molecule has 1 aliphatic heterocycles. The van der Waals surface area contributed by atoms with Crippen LogP contribution in [0.4, 0.5) is 0 Å². The van der Waals surface area contributed by atoms with E-state index in [9.17, 15) is 9.59 Å². The number of hydrogen-bond donors (Lipinski definition) is 2. The fourth-order valence-electron chi connectivity index (χ4n) is 1.96. The van der Waals surface area contributed by atoms with Gasteiger partial charge in [0.05, 0.1) is 0 Å². The molecule has 0 bridgehead atoms. The predicted octanol–water partition coefficient (Wildman–Crippen LogP) is 1.18. The van der Waals surface area contributed by atoms with Gasteiger partial charge in [-0.15, -0.1) is 0 Å². The van der Waals surface area contributed by atoms with Crippen molar-refractivity contribution < 1.29 is 9.59 Å². The second-order valence-electron chi connectivity index (χ2n) is 4.77. The molecule has 4 heteroatoms. The Morgan fingerprint density at radius 1 is 1.37 bits per heavy atom. The molecule has 0 radical (unpaired) electrons. The van der Waals surface area contributed by atoms with E-state index in [1.165, 1.54) is 6.08 Å². The maximum absolute atomic E-state index is 11.8. The second-order valence-corrected chi connectivity index (χ2v) is 4.77. The molecule has 1 fully saturated rings. The van der Waals surface area contributed by atoms with Crippen LogP contribution in [0.15, 0.2) is 42.1 Å². The number of carbonyl (C=O) groups is 2. The minimum atomic E-state index is -0.202. The van der Waals surface area contributed by atoms with E-state index >= 15 is 0 Å². The molecular weight excluding hydrogens is 240 g/mol. The van der Waals surface area contributed by atoms with Crippen LogP contribution in [0.5, 0.6) is 0 Å². The minimum absolute atomic E-state index is 0.0314. The second kappa shape index (κ2) is 6.18. The maximum atomic E-state index is 11.8. The van der Waals surface area contributed by atoms with Crippen LogP contribution in [-0.4, -0.2) is 24.3 Å². The number of amides is 1. The zero-order valence-electron chi connectivity index (χ0n) is 11.0. The van der Waals surface area contributed by atoms with E-state index in [0.29, 0.717) is 25.1 Å². The van der Waals surface area contributed by atoms with Gasteiger partial charge in [0.25, 0.3) is 5.91 Å². The van der Waals surface area contributed by atoms with Crippen LogP contribution in [-0.2, 0) is 16.0 Å². The molecule has 2 rings (SSSR count). The Hall–Kier alpha value is -2.10. The van der Waals surface area contributed by atoms with Crippen molar-refractivity contribution in [2.45, 2.75) is 25.8 Å². The first-order valence-corrected chi connectivity index (χ1v) is 6.48. The van der Waals surface area contributed by atoms with E-state index in [2.05, 4.69) is 10.6 Å². The summed E-state index contributed by atoms with van der Waals surface area (Å²) in [6.45, 7) is 2.57.